The number of rotatable bonds is 7. The summed E-state index contributed by atoms with van der Waals surface area (Å²) in [6.07, 6.45) is 3.29. The number of halogens is 1. The second-order valence-electron chi connectivity index (χ2n) is 6.39. The smallest absolute Gasteiger partial charge is 0.230 e. The van der Waals surface area contributed by atoms with Crippen molar-refractivity contribution in [3.63, 3.8) is 0 Å². The summed E-state index contributed by atoms with van der Waals surface area (Å²) in [5.41, 5.74) is 2.03. The Labute approximate surface area is 177 Å². The molecule has 0 saturated heterocycles. The number of amides is 1. The fourth-order valence-electron chi connectivity index (χ4n) is 2.87. The molecule has 0 spiro atoms. The normalized spacial score (nSPS) is 10.7. The van der Waals surface area contributed by atoms with Crippen molar-refractivity contribution in [2.45, 2.75) is 11.7 Å². The van der Waals surface area contributed by atoms with E-state index in [9.17, 15) is 9.18 Å². The van der Waals surface area contributed by atoms with E-state index >= 15 is 0 Å². The molecule has 30 heavy (non-hydrogen) atoms. The Morgan fingerprint density at radius 2 is 1.80 bits per heavy atom. The fourth-order valence-corrected chi connectivity index (χ4v) is 3.65. The number of nitrogens with one attached hydrogen (secondary N) is 1. The Hall–Kier alpha value is -3.52. The number of benzene rings is 2. The number of hydrogen-bond acceptors (Lipinski definition) is 5. The van der Waals surface area contributed by atoms with E-state index in [0.717, 1.165) is 5.56 Å². The highest BCUT2D eigenvalue weighted by Gasteiger charge is 2.19. The largest absolute Gasteiger partial charge is 0.351 e. The second-order valence-corrected chi connectivity index (χ2v) is 7.33. The molecule has 8 heteroatoms. The molecule has 2 aromatic carbocycles. The first-order valence-corrected chi connectivity index (χ1v) is 10.2. The number of pyridine rings is 1. The van der Waals surface area contributed by atoms with Gasteiger partial charge in [-0.3, -0.25) is 14.3 Å². The number of carbonyl (C=O) groups excluding carboxylic acids is 1. The minimum absolute atomic E-state index is 0.131. The third-order valence-electron chi connectivity index (χ3n) is 4.31. The molecule has 0 radical (unpaired) electrons. The summed E-state index contributed by atoms with van der Waals surface area (Å²) in [5.74, 6) is 0.0417. The van der Waals surface area contributed by atoms with Crippen LogP contribution in [-0.4, -0.2) is 31.4 Å². The Morgan fingerprint density at radius 1 is 1.00 bits per heavy atom. The van der Waals surface area contributed by atoms with Gasteiger partial charge in [-0.1, -0.05) is 54.2 Å². The van der Waals surface area contributed by atoms with Crippen molar-refractivity contribution in [3.8, 4) is 17.1 Å². The van der Waals surface area contributed by atoms with Gasteiger partial charge in [-0.25, -0.2) is 4.39 Å². The predicted octanol–water partition coefficient (Wildman–Crippen LogP) is 3.88. The van der Waals surface area contributed by atoms with Crippen LogP contribution in [0.3, 0.4) is 0 Å². The first kappa shape index (κ1) is 19.8. The molecule has 2 aromatic heterocycles. The fraction of sp³-hybridized carbons (Fsp3) is 0.0909. The lowest BCUT2D eigenvalue weighted by molar-refractivity contribution is -0.118. The first-order chi connectivity index (χ1) is 14.7. The summed E-state index contributed by atoms with van der Waals surface area (Å²) in [6, 6.07) is 19.7. The van der Waals surface area contributed by atoms with Gasteiger partial charge in [0.2, 0.25) is 5.91 Å². The zero-order valence-corrected chi connectivity index (χ0v) is 16.7. The molecular weight excluding hydrogens is 401 g/mol. The molecule has 0 aliphatic heterocycles. The van der Waals surface area contributed by atoms with E-state index < -0.39 is 5.82 Å². The maximum absolute atomic E-state index is 14.6. The zero-order valence-electron chi connectivity index (χ0n) is 15.9. The van der Waals surface area contributed by atoms with Gasteiger partial charge in [0.1, 0.15) is 5.82 Å². The summed E-state index contributed by atoms with van der Waals surface area (Å²) in [4.78, 5) is 16.4. The number of aromatic nitrogens is 4. The molecule has 150 valence electrons. The van der Waals surface area contributed by atoms with E-state index in [2.05, 4.69) is 20.5 Å². The van der Waals surface area contributed by atoms with E-state index in [4.69, 9.17) is 0 Å². The number of para-hydroxylation sites is 1. The van der Waals surface area contributed by atoms with Crippen molar-refractivity contribution in [1.82, 2.24) is 25.1 Å². The van der Waals surface area contributed by atoms with Crippen LogP contribution in [0, 0.1) is 5.82 Å². The standard InChI is InChI=1S/C22H18FN5OS/c23-18-10-4-5-11-19(18)28-21(17-9-6-12-24-14-17)26-27-22(28)30-15-20(29)25-13-16-7-2-1-3-8-16/h1-12,14H,13,15H2,(H,25,29). The second kappa shape index (κ2) is 9.32. The van der Waals surface area contributed by atoms with Gasteiger partial charge < -0.3 is 5.32 Å². The summed E-state index contributed by atoms with van der Waals surface area (Å²) in [7, 11) is 0. The van der Waals surface area contributed by atoms with Crippen LogP contribution >= 0.6 is 11.8 Å². The molecule has 0 aliphatic carbocycles. The van der Waals surface area contributed by atoms with Crippen molar-refractivity contribution in [3.05, 3.63) is 90.5 Å². The molecule has 0 aliphatic rings. The minimum atomic E-state index is -0.405. The van der Waals surface area contributed by atoms with Gasteiger partial charge in [-0.2, -0.15) is 0 Å². The van der Waals surface area contributed by atoms with Gasteiger partial charge in [0.05, 0.1) is 11.4 Å². The topological polar surface area (TPSA) is 72.7 Å². The van der Waals surface area contributed by atoms with Crippen LogP contribution < -0.4 is 5.32 Å². The summed E-state index contributed by atoms with van der Waals surface area (Å²) >= 11 is 1.20. The lowest BCUT2D eigenvalue weighted by atomic mass is 10.2. The zero-order chi connectivity index (χ0) is 20.8. The molecule has 4 aromatic rings. The maximum atomic E-state index is 14.6. The third kappa shape index (κ3) is 4.55. The molecular formula is C22H18FN5OS. The molecule has 6 nitrogen and oxygen atoms in total. The third-order valence-corrected chi connectivity index (χ3v) is 5.24. The van der Waals surface area contributed by atoms with Crippen molar-refractivity contribution in [2.75, 3.05) is 5.75 Å². The Bertz CT molecular complexity index is 1130. The monoisotopic (exact) mass is 419 g/mol. The maximum Gasteiger partial charge on any atom is 0.230 e. The van der Waals surface area contributed by atoms with E-state index in [-0.39, 0.29) is 11.7 Å². The Kier molecular flexibility index (Phi) is 6.14. The van der Waals surface area contributed by atoms with Crippen LogP contribution in [0.15, 0.2) is 84.3 Å². The van der Waals surface area contributed by atoms with Crippen molar-refractivity contribution in [1.29, 1.82) is 0 Å². The molecule has 0 unspecified atom stereocenters. The van der Waals surface area contributed by atoms with Crippen LogP contribution in [0.5, 0.6) is 0 Å². The van der Waals surface area contributed by atoms with Crippen LogP contribution in [0.25, 0.3) is 17.1 Å². The van der Waals surface area contributed by atoms with Crippen LogP contribution in [-0.2, 0) is 11.3 Å². The van der Waals surface area contributed by atoms with Gasteiger partial charge in [-0.05, 0) is 29.8 Å². The molecule has 2 heterocycles. The molecule has 4 rings (SSSR count). The average molecular weight is 419 g/mol. The Morgan fingerprint density at radius 3 is 2.57 bits per heavy atom. The number of carbonyl (C=O) groups is 1. The number of thioether (sulfide) groups is 1. The van der Waals surface area contributed by atoms with Crippen LogP contribution in [0.4, 0.5) is 4.39 Å². The van der Waals surface area contributed by atoms with Gasteiger partial charge in [0.25, 0.3) is 0 Å². The molecule has 0 saturated carbocycles. The van der Waals surface area contributed by atoms with E-state index in [1.165, 1.54) is 17.8 Å². The molecule has 1 amide bonds. The lowest BCUT2D eigenvalue weighted by Gasteiger charge is -2.11. The summed E-state index contributed by atoms with van der Waals surface area (Å²) in [6.45, 7) is 0.446. The highest BCUT2D eigenvalue weighted by atomic mass is 32.2. The average Bonchev–Trinajstić information content (AvgIpc) is 3.21. The molecule has 1 N–H and O–H groups in total. The van der Waals surface area contributed by atoms with E-state index in [0.29, 0.717) is 28.8 Å². The van der Waals surface area contributed by atoms with E-state index in [1.54, 1.807) is 41.2 Å². The summed E-state index contributed by atoms with van der Waals surface area (Å²) in [5, 5.41) is 11.7. The Balaban J connectivity index is 1.55. The van der Waals surface area contributed by atoms with Crippen molar-refractivity contribution < 1.29 is 9.18 Å². The predicted molar refractivity (Wildman–Crippen MR) is 114 cm³/mol. The van der Waals surface area contributed by atoms with Crippen molar-refractivity contribution in [2.24, 2.45) is 0 Å². The minimum Gasteiger partial charge on any atom is -0.351 e. The first-order valence-electron chi connectivity index (χ1n) is 9.26. The highest BCUT2D eigenvalue weighted by Crippen LogP contribution is 2.28. The SMILES string of the molecule is O=C(CSc1nnc(-c2cccnc2)n1-c1ccccc1F)NCc1ccccc1. The molecule has 0 atom stereocenters. The van der Waals surface area contributed by atoms with E-state index in [1.807, 2.05) is 36.4 Å². The van der Waals surface area contributed by atoms with Gasteiger partial charge in [0, 0.05) is 24.5 Å². The van der Waals surface area contributed by atoms with Crippen LogP contribution in [0.2, 0.25) is 0 Å². The highest BCUT2D eigenvalue weighted by molar-refractivity contribution is 7.99. The van der Waals surface area contributed by atoms with Gasteiger partial charge in [0.15, 0.2) is 11.0 Å². The summed E-state index contributed by atoms with van der Waals surface area (Å²) < 4.78 is 16.2. The van der Waals surface area contributed by atoms with Crippen molar-refractivity contribution >= 4 is 17.7 Å². The molecule has 0 fully saturated rings. The molecule has 0 bridgehead atoms. The van der Waals surface area contributed by atoms with Crippen LogP contribution in [0.1, 0.15) is 5.56 Å². The lowest BCUT2D eigenvalue weighted by Crippen LogP contribution is -2.24. The number of nitrogens with zero attached hydrogens (tertiary/aromatic N) is 4. The van der Waals surface area contributed by atoms with Gasteiger partial charge >= 0.3 is 0 Å². The number of hydrogen-bond donors (Lipinski definition) is 1. The quantitative estimate of drug-likeness (QED) is 0.460. The van der Waals surface area contributed by atoms with Gasteiger partial charge in [-0.15, -0.1) is 10.2 Å².